The van der Waals surface area contributed by atoms with E-state index >= 15 is 0 Å². The zero-order valence-corrected chi connectivity index (χ0v) is 14.0. The number of halogens is 3. The molecule has 1 aromatic rings. The number of carbonyl (C=O) groups excluding carboxylic acids is 1. The smallest absolute Gasteiger partial charge is 0.387 e. The SMILES string of the molecule is CC(=O)N1CCC(CN(C)Cc2ccc(OC(F)F)c(Cl)c2)C1. The summed E-state index contributed by atoms with van der Waals surface area (Å²) in [5.74, 6) is 0.568. The highest BCUT2D eigenvalue weighted by atomic mass is 35.5. The summed E-state index contributed by atoms with van der Waals surface area (Å²) in [6, 6.07) is 4.84. The van der Waals surface area contributed by atoms with Gasteiger partial charge < -0.3 is 14.5 Å². The lowest BCUT2D eigenvalue weighted by Crippen LogP contribution is -2.30. The molecule has 1 heterocycles. The maximum absolute atomic E-state index is 12.2. The number of nitrogens with zero attached hydrogens (tertiary/aromatic N) is 2. The number of amides is 1. The fraction of sp³-hybridized carbons (Fsp3) is 0.562. The molecule has 0 radical (unpaired) electrons. The lowest BCUT2D eigenvalue weighted by molar-refractivity contribution is -0.127. The van der Waals surface area contributed by atoms with Crippen LogP contribution in [-0.4, -0.2) is 49.0 Å². The van der Waals surface area contributed by atoms with E-state index in [9.17, 15) is 13.6 Å². The second kappa shape index (κ2) is 7.93. The molecular weight excluding hydrogens is 326 g/mol. The standard InChI is InChI=1S/C16H21ClF2N2O2/c1-11(22)21-6-5-13(10-21)9-20(2)8-12-3-4-15(14(17)7-12)23-16(18)19/h3-4,7,13,16H,5-6,8-10H2,1-2H3. The first kappa shape index (κ1) is 17.9. The summed E-state index contributed by atoms with van der Waals surface area (Å²) in [4.78, 5) is 15.4. The molecule has 128 valence electrons. The first-order chi connectivity index (χ1) is 10.8. The zero-order chi connectivity index (χ0) is 17.0. The van der Waals surface area contributed by atoms with Crippen LogP contribution < -0.4 is 4.74 Å². The van der Waals surface area contributed by atoms with E-state index in [1.807, 2.05) is 11.9 Å². The fourth-order valence-electron chi connectivity index (χ4n) is 2.92. The van der Waals surface area contributed by atoms with E-state index in [4.69, 9.17) is 11.6 Å². The molecule has 0 aromatic heterocycles. The summed E-state index contributed by atoms with van der Waals surface area (Å²) in [5, 5.41) is 0.180. The minimum Gasteiger partial charge on any atom is -0.433 e. The Morgan fingerprint density at radius 1 is 1.52 bits per heavy atom. The Morgan fingerprint density at radius 3 is 2.83 bits per heavy atom. The molecule has 1 saturated heterocycles. The van der Waals surface area contributed by atoms with Crippen LogP contribution in [0.1, 0.15) is 18.9 Å². The molecule has 1 aliphatic rings. The van der Waals surface area contributed by atoms with Crippen molar-refractivity contribution in [1.29, 1.82) is 0 Å². The van der Waals surface area contributed by atoms with E-state index in [1.165, 1.54) is 6.07 Å². The van der Waals surface area contributed by atoms with Crippen molar-refractivity contribution in [1.82, 2.24) is 9.80 Å². The molecule has 0 aliphatic carbocycles. The van der Waals surface area contributed by atoms with Crippen LogP contribution in [0.25, 0.3) is 0 Å². The third kappa shape index (κ3) is 5.32. The van der Waals surface area contributed by atoms with Crippen molar-refractivity contribution in [3.8, 4) is 5.75 Å². The normalized spacial score (nSPS) is 18.0. The highest BCUT2D eigenvalue weighted by molar-refractivity contribution is 6.32. The maximum atomic E-state index is 12.2. The summed E-state index contributed by atoms with van der Waals surface area (Å²) < 4.78 is 28.8. The van der Waals surface area contributed by atoms with Crippen molar-refractivity contribution in [2.45, 2.75) is 26.5 Å². The van der Waals surface area contributed by atoms with Gasteiger partial charge in [-0.3, -0.25) is 4.79 Å². The molecule has 1 fully saturated rings. The molecular formula is C16H21ClF2N2O2. The average molecular weight is 347 g/mol. The predicted octanol–water partition coefficient (Wildman–Crippen LogP) is 3.24. The van der Waals surface area contributed by atoms with E-state index in [-0.39, 0.29) is 16.7 Å². The predicted molar refractivity (Wildman–Crippen MR) is 84.8 cm³/mol. The summed E-state index contributed by atoms with van der Waals surface area (Å²) in [7, 11) is 1.99. The molecule has 1 atom stereocenters. The number of benzene rings is 1. The largest absolute Gasteiger partial charge is 0.433 e. The van der Waals surface area contributed by atoms with Crippen molar-refractivity contribution >= 4 is 17.5 Å². The Balaban J connectivity index is 1.87. The maximum Gasteiger partial charge on any atom is 0.387 e. The van der Waals surface area contributed by atoms with Crippen molar-refractivity contribution in [2.24, 2.45) is 5.92 Å². The lowest BCUT2D eigenvalue weighted by atomic mass is 10.1. The molecule has 23 heavy (non-hydrogen) atoms. The molecule has 0 spiro atoms. The van der Waals surface area contributed by atoms with Crippen molar-refractivity contribution in [2.75, 3.05) is 26.7 Å². The van der Waals surface area contributed by atoms with Gasteiger partial charge in [0.1, 0.15) is 5.75 Å². The number of hydrogen-bond acceptors (Lipinski definition) is 3. The third-order valence-electron chi connectivity index (χ3n) is 3.97. The number of hydrogen-bond donors (Lipinski definition) is 0. The first-order valence-electron chi connectivity index (χ1n) is 7.52. The summed E-state index contributed by atoms with van der Waals surface area (Å²) in [5.41, 5.74) is 0.931. The molecule has 1 aromatic carbocycles. The van der Waals surface area contributed by atoms with E-state index in [0.717, 1.165) is 31.6 Å². The number of rotatable bonds is 6. The van der Waals surface area contributed by atoms with Gasteiger partial charge in [0.15, 0.2) is 0 Å². The van der Waals surface area contributed by atoms with Crippen LogP contribution in [0.3, 0.4) is 0 Å². The number of ether oxygens (including phenoxy) is 1. The monoisotopic (exact) mass is 346 g/mol. The van der Waals surface area contributed by atoms with Gasteiger partial charge in [0.05, 0.1) is 5.02 Å². The molecule has 1 unspecified atom stereocenters. The van der Waals surface area contributed by atoms with Gasteiger partial charge in [0.25, 0.3) is 0 Å². The molecule has 0 saturated carbocycles. The van der Waals surface area contributed by atoms with Crippen LogP contribution in [0.2, 0.25) is 5.02 Å². The van der Waals surface area contributed by atoms with E-state index in [2.05, 4.69) is 9.64 Å². The van der Waals surface area contributed by atoms with Gasteiger partial charge >= 0.3 is 6.61 Å². The summed E-state index contributed by atoms with van der Waals surface area (Å²) in [6.07, 6.45) is 1.01. The van der Waals surface area contributed by atoms with E-state index in [1.54, 1.807) is 19.1 Å². The Labute approximate surface area is 140 Å². The topological polar surface area (TPSA) is 32.8 Å². The lowest BCUT2D eigenvalue weighted by Gasteiger charge is -2.21. The number of likely N-dealkylation sites (tertiary alicyclic amines) is 1. The highest BCUT2D eigenvalue weighted by Gasteiger charge is 2.25. The van der Waals surface area contributed by atoms with Crippen molar-refractivity contribution < 1.29 is 18.3 Å². The van der Waals surface area contributed by atoms with Crippen LogP contribution in [0, 0.1) is 5.92 Å². The van der Waals surface area contributed by atoms with Crippen LogP contribution in [0.15, 0.2) is 18.2 Å². The van der Waals surface area contributed by atoms with Crippen LogP contribution in [0.5, 0.6) is 5.75 Å². The average Bonchev–Trinajstić information content (AvgIpc) is 2.90. The second-order valence-electron chi connectivity index (χ2n) is 5.96. The summed E-state index contributed by atoms with van der Waals surface area (Å²) >= 11 is 5.96. The first-order valence-corrected chi connectivity index (χ1v) is 7.90. The Kier molecular flexibility index (Phi) is 6.18. The number of carbonyl (C=O) groups is 1. The van der Waals surface area contributed by atoms with Gasteiger partial charge in [-0.2, -0.15) is 8.78 Å². The highest BCUT2D eigenvalue weighted by Crippen LogP contribution is 2.27. The van der Waals surface area contributed by atoms with Gasteiger partial charge in [-0.25, -0.2) is 0 Å². The van der Waals surface area contributed by atoms with Gasteiger partial charge in [-0.15, -0.1) is 0 Å². The third-order valence-corrected chi connectivity index (χ3v) is 4.26. The van der Waals surface area contributed by atoms with Gasteiger partial charge in [-0.05, 0) is 37.1 Å². The zero-order valence-electron chi connectivity index (χ0n) is 13.3. The molecule has 7 heteroatoms. The van der Waals surface area contributed by atoms with Crippen LogP contribution in [-0.2, 0) is 11.3 Å². The summed E-state index contributed by atoms with van der Waals surface area (Å²) in [6.45, 7) is 1.85. The molecule has 4 nitrogen and oxygen atoms in total. The fourth-order valence-corrected chi connectivity index (χ4v) is 3.17. The molecule has 1 aliphatic heterocycles. The number of alkyl halides is 2. The second-order valence-corrected chi connectivity index (χ2v) is 6.37. The quantitative estimate of drug-likeness (QED) is 0.792. The molecule has 1 amide bonds. The van der Waals surface area contributed by atoms with E-state index in [0.29, 0.717) is 12.5 Å². The van der Waals surface area contributed by atoms with Gasteiger partial charge in [-0.1, -0.05) is 17.7 Å². The van der Waals surface area contributed by atoms with Gasteiger partial charge in [0.2, 0.25) is 5.91 Å². The van der Waals surface area contributed by atoms with Gasteiger partial charge in [0, 0.05) is 33.1 Å². The molecule has 0 N–H and O–H groups in total. The Hall–Kier alpha value is -1.40. The minimum atomic E-state index is -2.88. The Morgan fingerprint density at radius 2 is 2.26 bits per heavy atom. The van der Waals surface area contributed by atoms with Crippen LogP contribution in [0.4, 0.5) is 8.78 Å². The minimum absolute atomic E-state index is 0.0130. The van der Waals surface area contributed by atoms with E-state index < -0.39 is 6.61 Å². The van der Waals surface area contributed by atoms with Crippen LogP contribution >= 0.6 is 11.6 Å². The Bertz CT molecular complexity index is 557. The van der Waals surface area contributed by atoms with Crippen molar-refractivity contribution in [3.63, 3.8) is 0 Å². The molecule has 2 rings (SSSR count). The molecule has 0 bridgehead atoms. The van der Waals surface area contributed by atoms with Crippen molar-refractivity contribution in [3.05, 3.63) is 28.8 Å².